The number of hydrogen-bond acceptors (Lipinski definition) is 5. The topological polar surface area (TPSA) is 93.5 Å². The molecule has 2 N–H and O–H groups in total. The minimum absolute atomic E-state index is 0.289. The van der Waals surface area contributed by atoms with Crippen LogP contribution in [0.3, 0.4) is 0 Å². The van der Waals surface area contributed by atoms with Crippen molar-refractivity contribution in [2.45, 2.75) is 27.2 Å². The van der Waals surface area contributed by atoms with Gasteiger partial charge < -0.3 is 19.9 Å². The second-order valence-electron chi connectivity index (χ2n) is 6.22. The molecule has 0 radical (unpaired) electrons. The second-order valence-corrected chi connectivity index (χ2v) is 6.22. The van der Waals surface area contributed by atoms with Crippen LogP contribution in [0.2, 0.25) is 0 Å². The first-order chi connectivity index (χ1) is 11.8. The summed E-state index contributed by atoms with van der Waals surface area (Å²) in [5, 5.41) is 9.08. The number of rotatable bonds is 7. The van der Waals surface area contributed by atoms with Gasteiger partial charge in [-0.15, -0.1) is 0 Å². The third-order valence-corrected chi connectivity index (χ3v) is 3.88. The summed E-state index contributed by atoms with van der Waals surface area (Å²) in [4.78, 5) is 24.7. The lowest BCUT2D eigenvalue weighted by Gasteiger charge is -2.22. The standard InChI is InChI=1S/C18H23N3O4/c1-12-11-15(21-25-12)20-17(23)18(2,3)16(22)19-10-9-13-7-5-6-8-14(13)24-4/h5-8,11H,9-10H2,1-4H3,(H,19,22)(H,20,21,23). The molecular weight excluding hydrogens is 322 g/mol. The molecule has 0 aliphatic heterocycles. The van der Waals surface area contributed by atoms with Crippen LogP contribution < -0.4 is 15.4 Å². The van der Waals surface area contributed by atoms with Crippen LogP contribution in [-0.4, -0.2) is 30.6 Å². The molecular formula is C18H23N3O4. The number of para-hydroxylation sites is 1. The molecule has 134 valence electrons. The zero-order valence-corrected chi connectivity index (χ0v) is 14.9. The number of nitrogens with zero attached hydrogens (tertiary/aromatic N) is 1. The maximum absolute atomic E-state index is 12.4. The van der Waals surface area contributed by atoms with E-state index in [0.29, 0.717) is 18.7 Å². The van der Waals surface area contributed by atoms with Crippen LogP contribution in [0.5, 0.6) is 5.75 Å². The molecule has 25 heavy (non-hydrogen) atoms. The maximum atomic E-state index is 12.4. The number of methoxy groups -OCH3 is 1. The number of hydrogen-bond donors (Lipinski definition) is 2. The Bertz CT molecular complexity index is 752. The molecule has 1 heterocycles. The Morgan fingerprint density at radius 1 is 1.24 bits per heavy atom. The first-order valence-electron chi connectivity index (χ1n) is 7.99. The summed E-state index contributed by atoms with van der Waals surface area (Å²) in [5.41, 5.74) is -0.251. The molecule has 0 saturated carbocycles. The summed E-state index contributed by atoms with van der Waals surface area (Å²) in [5.74, 6) is 0.831. The number of ether oxygens (including phenoxy) is 1. The minimum atomic E-state index is -1.24. The highest BCUT2D eigenvalue weighted by Crippen LogP contribution is 2.20. The van der Waals surface area contributed by atoms with Gasteiger partial charge in [0.05, 0.1) is 7.11 Å². The average molecular weight is 345 g/mol. The van der Waals surface area contributed by atoms with Gasteiger partial charge >= 0.3 is 0 Å². The average Bonchev–Trinajstić information content (AvgIpc) is 2.99. The lowest BCUT2D eigenvalue weighted by Crippen LogP contribution is -2.45. The van der Waals surface area contributed by atoms with Crippen molar-refractivity contribution in [3.05, 3.63) is 41.7 Å². The fourth-order valence-corrected chi connectivity index (χ4v) is 2.24. The van der Waals surface area contributed by atoms with E-state index >= 15 is 0 Å². The number of nitrogens with one attached hydrogen (secondary N) is 2. The van der Waals surface area contributed by atoms with Crippen molar-refractivity contribution in [3.8, 4) is 5.75 Å². The van der Waals surface area contributed by atoms with Gasteiger partial charge in [-0.2, -0.15) is 0 Å². The summed E-state index contributed by atoms with van der Waals surface area (Å²) < 4.78 is 10.2. The van der Waals surface area contributed by atoms with Gasteiger partial charge in [-0.25, -0.2) is 0 Å². The van der Waals surface area contributed by atoms with Gasteiger partial charge in [-0.05, 0) is 38.8 Å². The number of aryl methyl sites for hydroxylation is 1. The molecule has 0 bridgehead atoms. The first kappa shape index (κ1) is 18.5. The predicted molar refractivity (Wildman–Crippen MR) is 93.4 cm³/mol. The third kappa shape index (κ3) is 4.59. The lowest BCUT2D eigenvalue weighted by atomic mass is 9.91. The molecule has 0 unspecified atom stereocenters. The van der Waals surface area contributed by atoms with E-state index in [4.69, 9.17) is 9.26 Å². The Balaban J connectivity index is 1.90. The molecule has 2 amide bonds. The summed E-state index contributed by atoms with van der Waals surface area (Å²) >= 11 is 0. The summed E-state index contributed by atoms with van der Waals surface area (Å²) in [6.45, 7) is 5.25. The van der Waals surface area contributed by atoms with E-state index in [-0.39, 0.29) is 11.7 Å². The van der Waals surface area contributed by atoms with Crippen molar-refractivity contribution in [1.82, 2.24) is 10.5 Å². The third-order valence-electron chi connectivity index (χ3n) is 3.88. The van der Waals surface area contributed by atoms with E-state index in [9.17, 15) is 9.59 Å². The molecule has 1 aromatic heterocycles. The number of amides is 2. The van der Waals surface area contributed by atoms with Gasteiger partial charge in [-0.3, -0.25) is 9.59 Å². The molecule has 0 aliphatic carbocycles. The van der Waals surface area contributed by atoms with E-state index in [1.165, 1.54) is 0 Å². The van der Waals surface area contributed by atoms with E-state index < -0.39 is 11.3 Å². The van der Waals surface area contributed by atoms with Crippen LogP contribution in [-0.2, 0) is 16.0 Å². The quantitative estimate of drug-likeness (QED) is 0.751. The molecule has 1 aromatic carbocycles. The Hall–Kier alpha value is -2.83. The lowest BCUT2D eigenvalue weighted by molar-refractivity contribution is -0.138. The molecule has 0 spiro atoms. The molecule has 2 aromatic rings. The fraction of sp³-hybridized carbons (Fsp3) is 0.389. The zero-order valence-electron chi connectivity index (χ0n) is 14.9. The number of benzene rings is 1. The highest BCUT2D eigenvalue weighted by Gasteiger charge is 2.36. The summed E-state index contributed by atoms with van der Waals surface area (Å²) in [7, 11) is 1.61. The smallest absolute Gasteiger partial charge is 0.240 e. The van der Waals surface area contributed by atoms with Crippen molar-refractivity contribution < 1.29 is 18.8 Å². The van der Waals surface area contributed by atoms with Crippen LogP contribution in [0.25, 0.3) is 0 Å². The molecule has 0 fully saturated rings. The second kappa shape index (κ2) is 7.83. The normalized spacial score (nSPS) is 11.0. The largest absolute Gasteiger partial charge is 0.496 e. The van der Waals surface area contributed by atoms with Crippen molar-refractivity contribution in [1.29, 1.82) is 0 Å². The summed E-state index contributed by atoms with van der Waals surface area (Å²) in [6.07, 6.45) is 0.607. The van der Waals surface area contributed by atoms with Crippen molar-refractivity contribution >= 4 is 17.6 Å². The monoisotopic (exact) mass is 345 g/mol. The van der Waals surface area contributed by atoms with Gasteiger partial charge in [0, 0.05) is 12.6 Å². The van der Waals surface area contributed by atoms with Crippen LogP contribution in [0, 0.1) is 12.3 Å². The van der Waals surface area contributed by atoms with Crippen molar-refractivity contribution in [2.24, 2.45) is 5.41 Å². The van der Waals surface area contributed by atoms with E-state index in [2.05, 4.69) is 15.8 Å². The minimum Gasteiger partial charge on any atom is -0.496 e. The molecule has 7 nitrogen and oxygen atoms in total. The van der Waals surface area contributed by atoms with E-state index in [0.717, 1.165) is 11.3 Å². The Labute approximate surface area is 146 Å². The van der Waals surface area contributed by atoms with Crippen LogP contribution in [0.1, 0.15) is 25.2 Å². The van der Waals surface area contributed by atoms with E-state index in [1.807, 2.05) is 24.3 Å². The number of carbonyl (C=O) groups is 2. The fourth-order valence-electron chi connectivity index (χ4n) is 2.24. The Morgan fingerprint density at radius 3 is 2.60 bits per heavy atom. The van der Waals surface area contributed by atoms with Gasteiger partial charge in [0.25, 0.3) is 0 Å². The summed E-state index contributed by atoms with van der Waals surface area (Å²) in [6, 6.07) is 9.20. The maximum Gasteiger partial charge on any atom is 0.240 e. The molecule has 0 aliphatic rings. The number of anilines is 1. The predicted octanol–water partition coefficient (Wildman–Crippen LogP) is 2.32. The Kier molecular flexibility index (Phi) is 5.80. The van der Waals surface area contributed by atoms with Crippen molar-refractivity contribution in [2.75, 3.05) is 19.0 Å². The highest BCUT2D eigenvalue weighted by molar-refractivity contribution is 6.09. The molecule has 0 saturated heterocycles. The van der Waals surface area contributed by atoms with Gasteiger partial charge in [-0.1, -0.05) is 23.4 Å². The first-order valence-corrected chi connectivity index (χ1v) is 7.99. The number of aromatic nitrogens is 1. The molecule has 2 rings (SSSR count). The van der Waals surface area contributed by atoms with Crippen molar-refractivity contribution in [3.63, 3.8) is 0 Å². The molecule has 0 atom stereocenters. The van der Waals surface area contributed by atoms with Crippen LogP contribution in [0.15, 0.2) is 34.9 Å². The van der Waals surface area contributed by atoms with E-state index in [1.54, 1.807) is 33.9 Å². The van der Waals surface area contributed by atoms with Gasteiger partial charge in [0.1, 0.15) is 16.9 Å². The van der Waals surface area contributed by atoms with Crippen LogP contribution >= 0.6 is 0 Å². The van der Waals surface area contributed by atoms with Gasteiger partial charge in [0.15, 0.2) is 5.82 Å². The molecule has 7 heteroatoms. The Morgan fingerprint density at radius 2 is 1.96 bits per heavy atom. The van der Waals surface area contributed by atoms with Crippen LogP contribution in [0.4, 0.5) is 5.82 Å². The highest BCUT2D eigenvalue weighted by atomic mass is 16.5. The van der Waals surface area contributed by atoms with Gasteiger partial charge in [0.2, 0.25) is 11.8 Å². The number of carbonyl (C=O) groups excluding carboxylic acids is 2. The SMILES string of the molecule is COc1ccccc1CCNC(=O)C(C)(C)C(=O)Nc1cc(C)on1. The zero-order chi connectivity index (χ0) is 18.4.